The predicted octanol–water partition coefficient (Wildman–Crippen LogP) is 1.68. The fourth-order valence-electron chi connectivity index (χ4n) is 4.47. The minimum atomic E-state index is -0.768. The first-order chi connectivity index (χ1) is 20.7. The van der Waals surface area contributed by atoms with E-state index in [1.165, 1.54) is 18.2 Å². The summed E-state index contributed by atoms with van der Waals surface area (Å²) < 4.78 is 11.2. The molecule has 1 saturated heterocycles. The molecule has 2 aromatic carbocycles. The van der Waals surface area contributed by atoms with Crippen LogP contribution < -0.4 is 20.7 Å². The molecule has 2 amide bonds. The molecule has 0 spiro atoms. The molecule has 1 aliphatic rings. The molecule has 236 valence electrons. The van der Waals surface area contributed by atoms with Gasteiger partial charge in [0.05, 0.1) is 18.8 Å². The molecule has 12 heteroatoms. The van der Waals surface area contributed by atoms with Crippen molar-refractivity contribution in [3.05, 3.63) is 53.6 Å². The van der Waals surface area contributed by atoms with Gasteiger partial charge >= 0.3 is 0 Å². The molecule has 8 N–H and O–H groups in total. The standard InChI is InChI=1S/C31H43N3O9/c35-20-24-18-23(36)19-31(42-24)43-28-9-5-22(17-27(28)39)7-11-30(41)34-15-3-13-32-12-1-2-14-33-29(40)10-6-21-4-8-25(37)26(38)16-21/h4-6,8-10,16-17,23-24,31-32,35-39H,1-3,7,11-15,18-20H2,(H,33,40)(H,34,41)/b10-6+. The van der Waals surface area contributed by atoms with Crippen molar-refractivity contribution in [3.8, 4) is 23.0 Å². The van der Waals surface area contributed by atoms with Crippen LogP contribution in [-0.4, -0.2) is 88.6 Å². The Morgan fingerprint density at radius 3 is 2.44 bits per heavy atom. The lowest BCUT2D eigenvalue weighted by atomic mass is 10.1. The van der Waals surface area contributed by atoms with Gasteiger partial charge in [-0.05, 0) is 80.2 Å². The first kappa shape index (κ1) is 33.7. The molecule has 3 rings (SSSR count). The summed E-state index contributed by atoms with van der Waals surface area (Å²) >= 11 is 0. The highest BCUT2D eigenvalue weighted by molar-refractivity contribution is 5.91. The smallest absolute Gasteiger partial charge is 0.243 e. The number of benzene rings is 2. The van der Waals surface area contributed by atoms with Crippen molar-refractivity contribution in [2.45, 2.75) is 63.4 Å². The van der Waals surface area contributed by atoms with Crippen LogP contribution in [0, 0.1) is 0 Å². The molecule has 2 aromatic rings. The van der Waals surface area contributed by atoms with Crippen molar-refractivity contribution in [1.29, 1.82) is 0 Å². The van der Waals surface area contributed by atoms with Gasteiger partial charge in [0.25, 0.3) is 0 Å². The van der Waals surface area contributed by atoms with E-state index in [1.807, 2.05) is 0 Å². The molecule has 1 heterocycles. The quantitative estimate of drug-likeness (QED) is 0.0752. The Morgan fingerprint density at radius 1 is 0.907 bits per heavy atom. The molecule has 3 atom stereocenters. The van der Waals surface area contributed by atoms with Gasteiger partial charge in [-0.25, -0.2) is 0 Å². The number of aliphatic hydroxyl groups is 2. The predicted molar refractivity (Wildman–Crippen MR) is 160 cm³/mol. The topological polar surface area (TPSA) is 190 Å². The third-order valence-corrected chi connectivity index (χ3v) is 6.83. The van der Waals surface area contributed by atoms with Crippen LogP contribution in [0.1, 0.15) is 49.7 Å². The number of unbranched alkanes of at least 4 members (excludes halogenated alkanes) is 1. The Kier molecular flexibility index (Phi) is 14.1. The number of carbonyl (C=O) groups excluding carboxylic acids is 2. The van der Waals surface area contributed by atoms with Crippen molar-refractivity contribution in [3.63, 3.8) is 0 Å². The number of nitrogens with one attached hydrogen (secondary N) is 3. The Labute approximate surface area is 251 Å². The van der Waals surface area contributed by atoms with E-state index in [2.05, 4.69) is 16.0 Å². The number of amides is 2. The van der Waals surface area contributed by atoms with E-state index < -0.39 is 18.5 Å². The van der Waals surface area contributed by atoms with Crippen molar-refractivity contribution < 1.29 is 44.6 Å². The molecule has 0 saturated carbocycles. The van der Waals surface area contributed by atoms with Gasteiger partial charge in [0, 0.05) is 38.4 Å². The van der Waals surface area contributed by atoms with Gasteiger partial charge < -0.3 is 51.0 Å². The van der Waals surface area contributed by atoms with Crippen LogP contribution >= 0.6 is 0 Å². The van der Waals surface area contributed by atoms with Gasteiger partial charge in [0.2, 0.25) is 18.1 Å². The Morgan fingerprint density at radius 2 is 1.67 bits per heavy atom. The van der Waals surface area contributed by atoms with Gasteiger partial charge in [-0.15, -0.1) is 0 Å². The molecule has 0 bridgehead atoms. The molecule has 1 aliphatic heterocycles. The van der Waals surface area contributed by atoms with Gasteiger partial charge in [0.15, 0.2) is 23.0 Å². The number of carbonyl (C=O) groups is 2. The molecule has 3 unspecified atom stereocenters. The molecule has 43 heavy (non-hydrogen) atoms. The Hall–Kier alpha value is -3.84. The van der Waals surface area contributed by atoms with E-state index in [0.717, 1.165) is 37.9 Å². The van der Waals surface area contributed by atoms with Crippen molar-refractivity contribution >= 4 is 17.9 Å². The van der Waals surface area contributed by atoms with E-state index in [1.54, 1.807) is 30.3 Å². The fourth-order valence-corrected chi connectivity index (χ4v) is 4.47. The van der Waals surface area contributed by atoms with Gasteiger partial charge in [0.1, 0.15) is 0 Å². The summed E-state index contributed by atoms with van der Waals surface area (Å²) in [5.74, 6) is -0.632. The fraction of sp³-hybridized carbons (Fsp3) is 0.484. The number of aromatic hydroxyl groups is 3. The minimum Gasteiger partial charge on any atom is -0.504 e. The van der Waals surface area contributed by atoms with Crippen LogP contribution in [0.2, 0.25) is 0 Å². The summed E-state index contributed by atoms with van der Waals surface area (Å²) in [4.78, 5) is 24.1. The normalized spacial score (nSPS) is 18.4. The zero-order valence-corrected chi connectivity index (χ0v) is 24.2. The van der Waals surface area contributed by atoms with Crippen LogP contribution in [0.4, 0.5) is 0 Å². The van der Waals surface area contributed by atoms with Crippen molar-refractivity contribution in [1.82, 2.24) is 16.0 Å². The SMILES string of the molecule is O=C(/C=C/c1ccc(O)c(O)c1)NCCCCNCCCNC(=O)CCc1ccc(OC2CC(O)CC(CO)O2)c(O)c1. The Balaban J connectivity index is 1.18. The zero-order valence-electron chi connectivity index (χ0n) is 24.2. The zero-order chi connectivity index (χ0) is 31.0. The average Bonchev–Trinajstić information content (AvgIpc) is 2.98. The summed E-state index contributed by atoms with van der Waals surface area (Å²) in [7, 11) is 0. The Bertz CT molecular complexity index is 1210. The summed E-state index contributed by atoms with van der Waals surface area (Å²) in [6.45, 7) is 2.42. The minimum absolute atomic E-state index is 0.0774. The maximum Gasteiger partial charge on any atom is 0.243 e. The highest BCUT2D eigenvalue weighted by Crippen LogP contribution is 2.31. The highest BCUT2D eigenvalue weighted by Gasteiger charge is 2.29. The van der Waals surface area contributed by atoms with Crippen LogP contribution in [-0.2, 0) is 20.7 Å². The first-order valence-corrected chi connectivity index (χ1v) is 14.6. The van der Waals surface area contributed by atoms with E-state index in [0.29, 0.717) is 31.5 Å². The van der Waals surface area contributed by atoms with Gasteiger partial charge in [-0.2, -0.15) is 0 Å². The molecule has 0 radical (unpaired) electrons. The van der Waals surface area contributed by atoms with Crippen molar-refractivity contribution in [2.24, 2.45) is 0 Å². The summed E-state index contributed by atoms with van der Waals surface area (Å²) in [6, 6.07) is 9.24. The van der Waals surface area contributed by atoms with Crippen LogP contribution in [0.3, 0.4) is 0 Å². The average molecular weight is 602 g/mol. The number of phenolic OH excluding ortho intramolecular Hbond substituents is 3. The maximum absolute atomic E-state index is 12.2. The number of phenols is 3. The second-order valence-electron chi connectivity index (χ2n) is 10.4. The van der Waals surface area contributed by atoms with Crippen molar-refractivity contribution in [2.75, 3.05) is 32.8 Å². The second kappa shape index (κ2) is 18.0. The largest absolute Gasteiger partial charge is 0.504 e. The van der Waals surface area contributed by atoms with E-state index in [4.69, 9.17) is 9.47 Å². The number of aliphatic hydroxyl groups excluding tert-OH is 2. The molecule has 0 aromatic heterocycles. The van der Waals surface area contributed by atoms with E-state index >= 15 is 0 Å². The second-order valence-corrected chi connectivity index (χ2v) is 10.4. The lowest BCUT2D eigenvalue weighted by Crippen LogP contribution is -2.40. The number of rotatable bonds is 17. The van der Waals surface area contributed by atoms with Crippen LogP contribution in [0.15, 0.2) is 42.5 Å². The van der Waals surface area contributed by atoms with Crippen LogP contribution in [0.25, 0.3) is 6.08 Å². The number of aryl methyl sites for hydroxylation is 1. The lowest BCUT2D eigenvalue weighted by molar-refractivity contribution is -0.185. The molecule has 1 fully saturated rings. The third-order valence-electron chi connectivity index (χ3n) is 6.83. The highest BCUT2D eigenvalue weighted by atomic mass is 16.7. The maximum atomic E-state index is 12.2. The number of hydrogen-bond donors (Lipinski definition) is 8. The first-order valence-electron chi connectivity index (χ1n) is 14.6. The third kappa shape index (κ3) is 12.5. The van der Waals surface area contributed by atoms with E-state index in [9.17, 15) is 35.1 Å². The van der Waals surface area contributed by atoms with E-state index in [-0.39, 0.29) is 54.3 Å². The summed E-state index contributed by atoms with van der Waals surface area (Å²) in [5, 5.41) is 57.3. The molecule has 0 aliphatic carbocycles. The molecular formula is C31H43N3O9. The van der Waals surface area contributed by atoms with Gasteiger partial charge in [-0.1, -0.05) is 12.1 Å². The monoisotopic (exact) mass is 601 g/mol. The summed E-state index contributed by atoms with van der Waals surface area (Å²) in [6.07, 6.45) is 4.80. The lowest BCUT2D eigenvalue weighted by Gasteiger charge is -2.32. The number of ether oxygens (including phenoxy) is 2. The number of hydrogen-bond acceptors (Lipinski definition) is 10. The van der Waals surface area contributed by atoms with Gasteiger partial charge in [-0.3, -0.25) is 9.59 Å². The molecule has 12 nitrogen and oxygen atoms in total. The summed E-state index contributed by atoms with van der Waals surface area (Å²) in [5.41, 5.74) is 1.39. The molecular weight excluding hydrogens is 558 g/mol. The van der Waals surface area contributed by atoms with Crippen LogP contribution in [0.5, 0.6) is 23.0 Å².